The Morgan fingerprint density at radius 3 is 2.63 bits per heavy atom. The van der Waals surface area contributed by atoms with E-state index in [0.717, 1.165) is 30.0 Å². The molecule has 2 aromatic heterocycles. The highest BCUT2D eigenvalue weighted by molar-refractivity contribution is 5.89. The van der Waals surface area contributed by atoms with Crippen molar-refractivity contribution in [2.24, 2.45) is 5.92 Å². The third kappa shape index (κ3) is 4.00. The van der Waals surface area contributed by atoms with Gasteiger partial charge in [0.15, 0.2) is 5.65 Å². The summed E-state index contributed by atoms with van der Waals surface area (Å²) in [4.78, 5) is 37.8. The van der Waals surface area contributed by atoms with E-state index in [4.69, 9.17) is 4.98 Å². The number of rotatable bonds is 4. The van der Waals surface area contributed by atoms with Crippen molar-refractivity contribution in [3.63, 3.8) is 0 Å². The van der Waals surface area contributed by atoms with Crippen LogP contribution in [-0.4, -0.2) is 67.7 Å². The molecule has 8 nitrogen and oxygen atoms in total. The average molecular weight is 413 g/mol. The lowest BCUT2D eigenvalue weighted by Crippen LogP contribution is -2.42. The van der Waals surface area contributed by atoms with E-state index in [0.29, 0.717) is 32.6 Å². The number of imidazole rings is 1. The van der Waals surface area contributed by atoms with Gasteiger partial charge in [-0.05, 0) is 40.5 Å². The molecule has 2 aliphatic rings. The van der Waals surface area contributed by atoms with Gasteiger partial charge in [-0.1, -0.05) is 0 Å². The van der Waals surface area contributed by atoms with Gasteiger partial charge in [0.05, 0.1) is 17.8 Å². The number of hydrogen-bond donors (Lipinski definition) is 1. The number of likely N-dealkylation sites (tertiary alicyclic amines) is 2. The summed E-state index contributed by atoms with van der Waals surface area (Å²) in [6, 6.07) is 0. The Bertz CT molecular complexity index is 939. The number of carbonyl (C=O) groups is 2. The molecule has 2 amide bonds. The Labute approximate surface area is 177 Å². The van der Waals surface area contributed by atoms with Crippen LogP contribution < -0.4 is 5.32 Å². The van der Waals surface area contributed by atoms with Crippen molar-refractivity contribution in [3.8, 4) is 0 Å². The zero-order chi connectivity index (χ0) is 21.5. The van der Waals surface area contributed by atoms with Crippen LogP contribution in [0.1, 0.15) is 58.6 Å². The Morgan fingerprint density at radius 2 is 2.00 bits per heavy atom. The topological polar surface area (TPSA) is 82.8 Å². The molecular formula is C22H32N6O2. The summed E-state index contributed by atoms with van der Waals surface area (Å²) in [5.74, 6) is 1.35. The summed E-state index contributed by atoms with van der Waals surface area (Å²) in [6.07, 6.45) is 7.60. The predicted molar refractivity (Wildman–Crippen MR) is 115 cm³/mol. The lowest BCUT2D eigenvalue weighted by atomic mass is 9.92. The first-order chi connectivity index (χ1) is 14.3. The van der Waals surface area contributed by atoms with Crippen LogP contribution in [0.2, 0.25) is 0 Å². The van der Waals surface area contributed by atoms with E-state index < -0.39 is 0 Å². The second-order valence-electron chi connectivity index (χ2n) is 9.46. The van der Waals surface area contributed by atoms with Gasteiger partial charge in [0.1, 0.15) is 5.82 Å². The summed E-state index contributed by atoms with van der Waals surface area (Å²) in [5.41, 5.74) is 1.80. The van der Waals surface area contributed by atoms with Gasteiger partial charge in [-0.3, -0.25) is 19.0 Å². The lowest BCUT2D eigenvalue weighted by Gasteiger charge is -2.33. The van der Waals surface area contributed by atoms with Crippen LogP contribution in [0.5, 0.6) is 0 Å². The van der Waals surface area contributed by atoms with Crippen molar-refractivity contribution in [1.29, 1.82) is 0 Å². The van der Waals surface area contributed by atoms with Crippen molar-refractivity contribution in [2.45, 2.75) is 58.4 Å². The molecule has 1 unspecified atom stereocenters. The minimum Gasteiger partial charge on any atom is -0.365 e. The molecule has 4 heterocycles. The van der Waals surface area contributed by atoms with Gasteiger partial charge in [0.2, 0.25) is 11.8 Å². The molecule has 2 aromatic rings. The van der Waals surface area contributed by atoms with E-state index in [2.05, 4.69) is 35.5 Å². The van der Waals surface area contributed by atoms with Gasteiger partial charge in [-0.25, -0.2) is 4.98 Å². The minimum atomic E-state index is -0.187. The first kappa shape index (κ1) is 20.6. The van der Waals surface area contributed by atoms with Crippen LogP contribution in [-0.2, 0) is 9.59 Å². The summed E-state index contributed by atoms with van der Waals surface area (Å²) in [6.45, 7) is 11.0. The quantitative estimate of drug-likeness (QED) is 0.834. The highest BCUT2D eigenvalue weighted by Crippen LogP contribution is 2.35. The van der Waals surface area contributed by atoms with E-state index in [1.54, 1.807) is 17.3 Å². The Hall–Kier alpha value is -2.64. The number of aromatic nitrogens is 3. The largest absolute Gasteiger partial charge is 0.365 e. The molecule has 30 heavy (non-hydrogen) atoms. The van der Waals surface area contributed by atoms with Crippen LogP contribution in [0.15, 0.2) is 18.6 Å². The normalized spacial score (nSPS) is 20.9. The molecule has 2 aliphatic heterocycles. The predicted octanol–water partition coefficient (Wildman–Crippen LogP) is 2.51. The molecule has 8 heteroatoms. The fourth-order valence-electron chi connectivity index (χ4n) is 4.56. The fourth-order valence-corrected chi connectivity index (χ4v) is 4.56. The number of amides is 2. The number of fused-ring (bicyclic) bond motifs is 1. The molecule has 1 atom stereocenters. The number of anilines is 1. The molecule has 0 saturated carbocycles. The van der Waals surface area contributed by atoms with Crippen LogP contribution in [0.3, 0.4) is 0 Å². The highest BCUT2D eigenvalue weighted by Gasteiger charge is 2.37. The second kappa shape index (κ2) is 7.89. The second-order valence-corrected chi connectivity index (χ2v) is 9.46. The summed E-state index contributed by atoms with van der Waals surface area (Å²) < 4.78 is 2.06. The average Bonchev–Trinajstić information content (AvgIpc) is 3.27. The van der Waals surface area contributed by atoms with Crippen LogP contribution in [0.4, 0.5) is 5.82 Å². The molecule has 2 saturated heterocycles. The van der Waals surface area contributed by atoms with Crippen molar-refractivity contribution in [2.75, 3.05) is 31.5 Å². The molecule has 4 rings (SSSR count). The molecule has 0 spiro atoms. The zero-order valence-electron chi connectivity index (χ0n) is 18.4. The minimum absolute atomic E-state index is 0.0924. The van der Waals surface area contributed by atoms with Gasteiger partial charge in [0.25, 0.3) is 0 Å². The molecule has 2 fully saturated rings. The van der Waals surface area contributed by atoms with E-state index in [-0.39, 0.29) is 29.2 Å². The van der Waals surface area contributed by atoms with Crippen LogP contribution in [0.25, 0.3) is 5.65 Å². The maximum absolute atomic E-state index is 13.0. The van der Waals surface area contributed by atoms with Crippen molar-refractivity contribution < 1.29 is 9.59 Å². The first-order valence-corrected chi connectivity index (χ1v) is 10.9. The Morgan fingerprint density at radius 1 is 1.27 bits per heavy atom. The van der Waals surface area contributed by atoms with Crippen LogP contribution >= 0.6 is 0 Å². The molecule has 0 aromatic carbocycles. The maximum Gasteiger partial charge on any atom is 0.227 e. The lowest BCUT2D eigenvalue weighted by molar-refractivity contribution is -0.136. The van der Waals surface area contributed by atoms with Gasteiger partial charge >= 0.3 is 0 Å². The summed E-state index contributed by atoms with van der Waals surface area (Å²) in [5, 5.41) is 3.61. The molecule has 0 radical (unpaired) electrons. The third-order valence-corrected chi connectivity index (χ3v) is 6.09. The van der Waals surface area contributed by atoms with Gasteiger partial charge in [-0.2, -0.15) is 0 Å². The van der Waals surface area contributed by atoms with Crippen LogP contribution in [0, 0.1) is 5.92 Å². The first-order valence-electron chi connectivity index (χ1n) is 10.9. The van der Waals surface area contributed by atoms with Crippen molar-refractivity contribution >= 4 is 23.3 Å². The number of piperidine rings is 1. The molecule has 0 bridgehead atoms. The van der Waals surface area contributed by atoms with E-state index in [1.165, 1.54) is 0 Å². The Balaban J connectivity index is 1.48. The monoisotopic (exact) mass is 412 g/mol. The van der Waals surface area contributed by atoms with Crippen molar-refractivity contribution in [3.05, 3.63) is 24.3 Å². The molecule has 0 aliphatic carbocycles. The van der Waals surface area contributed by atoms with E-state index in [1.807, 2.05) is 18.0 Å². The molecule has 1 N–H and O–H groups in total. The number of nitrogens with zero attached hydrogens (tertiary/aromatic N) is 5. The summed E-state index contributed by atoms with van der Waals surface area (Å²) in [7, 11) is 0. The highest BCUT2D eigenvalue weighted by atomic mass is 16.2. The van der Waals surface area contributed by atoms with Gasteiger partial charge in [0, 0.05) is 56.5 Å². The van der Waals surface area contributed by atoms with Gasteiger partial charge in [-0.15, -0.1) is 0 Å². The number of nitrogens with one attached hydrogen (secondary N) is 1. The van der Waals surface area contributed by atoms with Crippen molar-refractivity contribution in [1.82, 2.24) is 24.2 Å². The fraction of sp³-hybridized carbons (Fsp3) is 0.636. The number of carbonyl (C=O) groups excluding carboxylic acids is 2. The molecule has 162 valence electrons. The van der Waals surface area contributed by atoms with E-state index in [9.17, 15) is 9.59 Å². The molecular weight excluding hydrogens is 380 g/mol. The maximum atomic E-state index is 13.0. The zero-order valence-corrected chi connectivity index (χ0v) is 18.4. The van der Waals surface area contributed by atoms with E-state index >= 15 is 0 Å². The van der Waals surface area contributed by atoms with Gasteiger partial charge < -0.3 is 15.1 Å². The smallest absolute Gasteiger partial charge is 0.227 e. The number of hydrogen-bond acceptors (Lipinski definition) is 5. The summed E-state index contributed by atoms with van der Waals surface area (Å²) >= 11 is 0. The Kier molecular flexibility index (Phi) is 5.42. The standard InChI is InChI=1S/C22H32N6O2/c1-5-26-14-16(12-18(26)29)21(30)27-9-6-15(7-10-27)19-20(25-22(2,3)4)28-11-8-23-13-17(28)24-19/h8,11,13,15-16,25H,5-7,9-10,12,14H2,1-4H3. The SMILES string of the molecule is CCN1CC(C(=O)N2CCC(c3nc4cnccn4c3NC(C)(C)C)CC2)CC1=O. The third-order valence-electron chi connectivity index (χ3n) is 6.09.